The molecule has 20 heavy (non-hydrogen) atoms. The van der Waals surface area contributed by atoms with Crippen LogP contribution in [-0.4, -0.2) is 35.7 Å². The molecule has 6 nitrogen and oxygen atoms in total. The second kappa shape index (κ2) is 6.81. The van der Waals surface area contributed by atoms with Crippen molar-refractivity contribution in [2.24, 2.45) is 0 Å². The molecule has 0 aliphatic carbocycles. The molecule has 0 amide bonds. The lowest BCUT2D eigenvalue weighted by molar-refractivity contribution is 0.254. The Morgan fingerprint density at radius 3 is 2.40 bits per heavy atom. The Kier molecular flexibility index (Phi) is 4.84. The van der Waals surface area contributed by atoms with Crippen LogP contribution in [0, 0.1) is 0 Å². The van der Waals surface area contributed by atoms with Gasteiger partial charge in [-0.3, -0.25) is 4.68 Å². The minimum absolute atomic E-state index is 0.0830. The number of aromatic nitrogens is 2. The monoisotopic (exact) mass is 278 g/mol. The molecule has 1 N–H and O–H groups in total. The fourth-order valence-corrected chi connectivity index (χ4v) is 1.84. The number of ether oxygens (including phenoxy) is 3. The van der Waals surface area contributed by atoms with E-state index in [0.29, 0.717) is 36.0 Å². The van der Waals surface area contributed by atoms with E-state index in [1.807, 2.05) is 12.3 Å². The van der Waals surface area contributed by atoms with E-state index in [4.69, 9.17) is 14.2 Å². The Morgan fingerprint density at radius 1 is 1.20 bits per heavy atom. The van der Waals surface area contributed by atoms with Crippen molar-refractivity contribution < 1.29 is 19.3 Å². The molecule has 1 aromatic carbocycles. The third-order valence-electron chi connectivity index (χ3n) is 2.83. The van der Waals surface area contributed by atoms with Gasteiger partial charge in [-0.25, -0.2) is 0 Å². The fraction of sp³-hybridized carbons (Fsp3) is 0.357. The zero-order valence-corrected chi connectivity index (χ0v) is 11.6. The van der Waals surface area contributed by atoms with E-state index >= 15 is 0 Å². The number of benzene rings is 1. The van der Waals surface area contributed by atoms with Crippen LogP contribution >= 0.6 is 0 Å². The van der Waals surface area contributed by atoms with E-state index in [-0.39, 0.29) is 6.61 Å². The fourth-order valence-electron chi connectivity index (χ4n) is 1.84. The topological polar surface area (TPSA) is 65.7 Å². The van der Waals surface area contributed by atoms with E-state index in [9.17, 15) is 5.11 Å². The summed E-state index contributed by atoms with van der Waals surface area (Å²) < 4.78 is 18.1. The van der Waals surface area contributed by atoms with Crippen LogP contribution < -0.4 is 14.2 Å². The maximum absolute atomic E-state index is 9.21. The Bertz CT molecular complexity index is 515. The predicted molar refractivity (Wildman–Crippen MR) is 73.2 cm³/mol. The molecule has 2 rings (SSSR count). The molecule has 0 unspecified atom stereocenters. The molecule has 0 atom stereocenters. The first-order chi connectivity index (χ1) is 9.78. The number of hydrogen-bond acceptors (Lipinski definition) is 5. The van der Waals surface area contributed by atoms with E-state index in [1.54, 1.807) is 37.2 Å². The molecule has 0 fully saturated rings. The van der Waals surface area contributed by atoms with Crippen molar-refractivity contribution in [2.45, 2.75) is 13.2 Å². The summed E-state index contributed by atoms with van der Waals surface area (Å²) in [5, 5.41) is 13.3. The largest absolute Gasteiger partial charge is 0.493 e. The van der Waals surface area contributed by atoms with Crippen LogP contribution in [0.5, 0.6) is 17.2 Å². The van der Waals surface area contributed by atoms with Gasteiger partial charge in [0.15, 0.2) is 11.5 Å². The molecule has 108 valence electrons. The summed E-state index contributed by atoms with van der Waals surface area (Å²) in [6.07, 6.45) is 3.59. The van der Waals surface area contributed by atoms with Crippen molar-refractivity contribution in [3.63, 3.8) is 0 Å². The minimum atomic E-state index is -0.0830. The molecule has 0 spiro atoms. The summed E-state index contributed by atoms with van der Waals surface area (Å²) in [7, 11) is 3.10. The van der Waals surface area contributed by atoms with E-state index in [1.165, 1.54) is 0 Å². The molecular formula is C14H18N2O4. The molecule has 0 saturated carbocycles. The normalized spacial score (nSPS) is 10.3. The number of methoxy groups -OCH3 is 2. The molecule has 1 heterocycles. The van der Waals surface area contributed by atoms with Gasteiger partial charge < -0.3 is 19.3 Å². The van der Waals surface area contributed by atoms with E-state index in [0.717, 1.165) is 0 Å². The van der Waals surface area contributed by atoms with Gasteiger partial charge in [-0.1, -0.05) is 0 Å². The van der Waals surface area contributed by atoms with Crippen LogP contribution in [0.4, 0.5) is 0 Å². The zero-order chi connectivity index (χ0) is 14.4. The van der Waals surface area contributed by atoms with Gasteiger partial charge >= 0.3 is 0 Å². The van der Waals surface area contributed by atoms with Crippen molar-refractivity contribution >= 4 is 0 Å². The van der Waals surface area contributed by atoms with Crippen LogP contribution in [0.15, 0.2) is 30.6 Å². The third kappa shape index (κ3) is 3.21. The van der Waals surface area contributed by atoms with Crippen molar-refractivity contribution in [2.75, 3.05) is 20.8 Å². The van der Waals surface area contributed by atoms with Gasteiger partial charge in [-0.05, 0) is 23.8 Å². The first kappa shape index (κ1) is 14.2. The second-order valence-corrected chi connectivity index (χ2v) is 4.11. The van der Waals surface area contributed by atoms with Crippen LogP contribution in [0.2, 0.25) is 0 Å². The Hall–Kier alpha value is -2.21. The lowest BCUT2D eigenvalue weighted by Gasteiger charge is -2.15. The lowest BCUT2D eigenvalue weighted by atomic mass is 10.2. The highest BCUT2D eigenvalue weighted by Gasteiger charge is 2.14. The number of aliphatic hydroxyl groups is 1. The number of nitrogens with zero attached hydrogens (tertiary/aromatic N) is 2. The van der Waals surface area contributed by atoms with Gasteiger partial charge in [0.2, 0.25) is 5.75 Å². The van der Waals surface area contributed by atoms with Crippen LogP contribution in [0.3, 0.4) is 0 Å². The first-order valence-electron chi connectivity index (χ1n) is 6.24. The van der Waals surface area contributed by atoms with E-state index < -0.39 is 0 Å². The second-order valence-electron chi connectivity index (χ2n) is 4.11. The first-order valence-corrected chi connectivity index (χ1v) is 6.24. The lowest BCUT2D eigenvalue weighted by Crippen LogP contribution is -2.10. The minimum Gasteiger partial charge on any atom is -0.493 e. The van der Waals surface area contributed by atoms with Gasteiger partial charge in [-0.2, -0.15) is 5.10 Å². The Balaban J connectivity index is 2.12. The summed E-state index contributed by atoms with van der Waals surface area (Å²) in [4.78, 5) is 0. The molecule has 2 aromatic rings. The summed E-state index contributed by atoms with van der Waals surface area (Å²) in [5.74, 6) is 1.60. The Labute approximate surface area is 117 Å². The van der Waals surface area contributed by atoms with Crippen molar-refractivity contribution in [3.05, 3.63) is 36.2 Å². The van der Waals surface area contributed by atoms with E-state index in [2.05, 4.69) is 5.10 Å². The summed E-state index contributed by atoms with van der Waals surface area (Å²) >= 11 is 0. The van der Waals surface area contributed by atoms with Crippen LogP contribution in [0.25, 0.3) is 0 Å². The highest BCUT2D eigenvalue weighted by atomic mass is 16.5. The molecular weight excluding hydrogens is 260 g/mol. The van der Waals surface area contributed by atoms with Gasteiger partial charge in [0.1, 0.15) is 6.61 Å². The summed E-state index contributed by atoms with van der Waals surface area (Å²) in [6, 6.07) is 5.31. The third-order valence-corrected chi connectivity index (χ3v) is 2.83. The molecule has 0 radical (unpaired) electrons. The average Bonchev–Trinajstić information content (AvgIpc) is 3.00. The van der Waals surface area contributed by atoms with Gasteiger partial charge in [-0.15, -0.1) is 0 Å². The van der Waals surface area contributed by atoms with Crippen molar-refractivity contribution in [1.29, 1.82) is 0 Å². The number of rotatable bonds is 7. The number of hydrogen-bond donors (Lipinski definition) is 1. The molecule has 6 heteroatoms. The molecule has 1 aromatic heterocycles. The van der Waals surface area contributed by atoms with Crippen LogP contribution in [0.1, 0.15) is 5.56 Å². The standard InChI is InChI=1S/C14H18N2O4/c1-18-12-8-11(10-17)9-13(19-2)14(12)20-7-6-16-5-3-4-15-16/h3-5,8-9,17H,6-7,10H2,1-2H3. The summed E-state index contributed by atoms with van der Waals surface area (Å²) in [5.41, 5.74) is 0.707. The van der Waals surface area contributed by atoms with Crippen molar-refractivity contribution in [3.8, 4) is 17.2 Å². The maximum atomic E-state index is 9.21. The van der Waals surface area contributed by atoms with Crippen LogP contribution in [-0.2, 0) is 13.2 Å². The maximum Gasteiger partial charge on any atom is 0.203 e. The Morgan fingerprint density at radius 2 is 1.90 bits per heavy atom. The highest BCUT2D eigenvalue weighted by molar-refractivity contribution is 5.53. The molecule has 0 bridgehead atoms. The SMILES string of the molecule is COc1cc(CO)cc(OC)c1OCCn1cccn1. The van der Waals surface area contributed by atoms with Gasteiger partial charge in [0.05, 0.1) is 27.4 Å². The highest BCUT2D eigenvalue weighted by Crippen LogP contribution is 2.38. The molecule has 0 aliphatic rings. The van der Waals surface area contributed by atoms with Gasteiger partial charge in [0, 0.05) is 12.4 Å². The molecule has 0 aliphatic heterocycles. The average molecular weight is 278 g/mol. The molecule has 0 saturated heterocycles. The zero-order valence-electron chi connectivity index (χ0n) is 11.6. The predicted octanol–water partition coefficient (Wildman–Crippen LogP) is 1.47. The van der Waals surface area contributed by atoms with Gasteiger partial charge in [0.25, 0.3) is 0 Å². The number of aliphatic hydroxyl groups excluding tert-OH is 1. The smallest absolute Gasteiger partial charge is 0.203 e. The quantitative estimate of drug-likeness (QED) is 0.831. The van der Waals surface area contributed by atoms with Crippen molar-refractivity contribution in [1.82, 2.24) is 9.78 Å². The summed E-state index contributed by atoms with van der Waals surface area (Å²) in [6.45, 7) is 0.980.